The van der Waals surface area contributed by atoms with Crippen LogP contribution in [0.4, 0.5) is 0 Å². The molecule has 0 aliphatic rings. The van der Waals surface area contributed by atoms with Gasteiger partial charge in [-0.2, -0.15) is 0 Å². The number of carboxylic acid groups (broad SMARTS) is 1. The summed E-state index contributed by atoms with van der Waals surface area (Å²) < 4.78 is 5.45. The van der Waals surface area contributed by atoms with Gasteiger partial charge in [-0.1, -0.05) is 36.4 Å². The van der Waals surface area contributed by atoms with Gasteiger partial charge in [0.25, 0.3) is 0 Å². The second kappa shape index (κ2) is 10.6. The number of aliphatic carboxylic acids is 1. The molecule has 0 saturated carbocycles. The molecule has 26 heavy (non-hydrogen) atoms. The molecule has 0 amide bonds. The van der Waals surface area contributed by atoms with E-state index in [1.54, 1.807) is 7.11 Å². The molecule has 0 fully saturated rings. The first-order valence-corrected chi connectivity index (χ1v) is 9.20. The average Bonchev–Trinajstić information content (AvgIpc) is 2.65. The first kappa shape index (κ1) is 20.0. The molecule has 4 heteroatoms. The monoisotopic (exact) mass is 356 g/mol. The Balaban J connectivity index is 1.90. The molecular formula is C22H28O4. The van der Waals surface area contributed by atoms with Crippen molar-refractivity contribution in [1.82, 2.24) is 0 Å². The molecule has 2 N–H and O–H groups in total. The van der Waals surface area contributed by atoms with Crippen LogP contribution in [0.2, 0.25) is 0 Å². The summed E-state index contributed by atoms with van der Waals surface area (Å²) in [6.07, 6.45) is 4.46. The van der Waals surface area contributed by atoms with Crippen molar-refractivity contribution in [1.29, 1.82) is 0 Å². The lowest BCUT2D eigenvalue weighted by atomic mass is 9.97. The molecule has 4 nitrogen and oxygen atoms in total. The number of carbonyl (C=O) groups is 1. The molecule has 0 heterocycles. The van der Waals surface area contributed by atoms with Crippen LogP contribution in [-0.2, 0) is 17.6 Å². The largest absolute Gasteiger partial charge is 0.496 e. The summed E-state index contributed by atoms with van der Waals surface area (Å²) in [4.78, 5) is 10.6. The summed E-state index contributed by atoms with van der Waals surface area (Å²) >= 11 is 0. The third kappa shape index (κ3) is 6.52. The van der Waals surface area contributed by atoms with Crippen molar-refractivity contribution in [2.75, 3.05) is 7.11 Å². The zero-order valence-corrected chi connectivity index (χ0v) is 15.4. The number of hydrogen-bond donors (Lipinski definition) is 2. The van der Waals surface area contributed by atoms with Gasteiger partial charge in [-0.25, -0.2) is 0 Å². The molecule has 0 radical (unpaired) electrons. The highest BCUT2D eigenvalue weighted by Gasteiger charge is 2.12. The first-order chi connectivity index (χ1) is 12.6. The van der Waals surface area contributed by atoms with E-state index in [1.807, 2.05) is 24.3 Å². The third-order valence-corrected chi connectivity index (χ3v) is 4.56. The maximum absolute atomic E-state index is 10.6. The van der Waals surface area contributed by atoms with Gasteiger partial charge in [-0.05, 0) is 67.3 Å². The average molecular weight is 356 g/mol. The van der Waals surface area contributed by atoms with Crippen LogP contribution in [0.1, 0.15) is 54.9 Å². The maximum Gasteiger partial charge on any atom is 0.303 e. The molecule has 2 aromatic carbocycles. The van der Waals surface area contributed by atoms with Crippen LogP contribution < -0.4 is 4.74 Å². The fourth-order valence-electron chi connectivity index (χ4n) is 3.10. The number of carboxylic acids is 1. The van der Waals surface area contributed by atoms with Crippen molar-refractivity contribution >= 4 is 5.97 Å². The van der Waals surface area contributed by atoms with Crippen LogP contribution in [0.25, 0.3) is 0 Å². The van der Waals surface area contributed by atoms with Gasteiger partial charge in [0.2, 0.25) is 0 Å². The number of methoxy groups -OCH3 is 1. The fraction of sp³-hybridized carbons (Fsp3) is 0.409. The minimum Gasteiger partial charge on any atom is -0.496 e. The minimum atomic E-state index is -0.828. The molecule has 0 aliphatic heterocycles. The van der Waals surface area contributed by atoms with Gasteiger partial charge in [0.05, 0.1) is 13.2 Å². The van der Waals surface area contributed by atoms with Crippen molar-refractivity contribution in [2.24, 2.45) is 0 Å². The number of aryl methyl sites for hydroxylation is 2. The molecule has 0 saturated heterocycles. The number of aliphatic hydroxyl groups is 1. The van der Waals surface area contributed by atoms with Crippen molar-refractivity contribution in [3.05, 3.63) is 65.2 Å². The number of unbranched alkanes of at least 4 members (excludes halogenated alkanes) is 1. The molecule has 2 aromatic rings. The molecule has 1 unspecified atom stereocenters. The molecule has 1 atom stereocenters. The summed E-state index contributed by atoms with van der Waals surface area (Å²) in [6.45, 7) is 0. The van der Waals surface area contributed by atoms with E-state index < -0.39 is 12.1 Å². The number of ether oxygens (including phenoxy) is 1. The molecule has 0 aromatic heterocycles. The van der Waals surface area contributed by atoms with Crippen LogP contribution in [-0.4, -0.2) is 23.3 Å². The van der Waals surface area contributed by atoms with Crippen LogP contribution in [0.3, 0.4) is 0 Å². The topological polar surface area (TPSA) is 66.8 Å². The summed E-state index contributed by atoms with van der Waals surface area (Å²) in [5.41, 5.74) is 3.27. The van der Waals surface area contributed by atoms with Crippen molar-refractivity contribution in [3.63, 3.8) is 0 Å². The van der Waals surface area contributed by atoms with E-state index in [0.29, 0.717) is 12.8 Å². The summed E-state index contributed by atoms with van der Waals surface area (Å²) in [5, 5.41) is 19.0. The smallest absolute Gasteiger partial charge is 0.303 e. The second-order valence-electron chi connectivity index (χ2n) is 6.57. The molecular weight excluding hydrogens is 328 g/mol. The van der Waals surface area contributed by atoms with Crippen LogP contribution in [0.5, 0.6) is 5.75 Å². The Morgan fingerprint density at radius 2 is 1.77 bits per heavy atom. The Labute approximate surface area is 155 Å². The standard InChI is InChI=1S/C22H28O4/c1-26-21-15-14-18(20(23)12-7-13-22(24)25)16-19(21)11-6-5-10-17-8-3-2-4-9-17/h2-4,8-9,14-16,20,23H,5-7,10-13H2,1H3,(H,24,25). The Morgan fingerprint density at radius 1 is 1.04 bits per heavy atom. The Bertz CT molecular complexity index is 682. The van der Waals surface area contributed by atoms with Gasteiger partial charge in [-0.3, -0.25) is 4.79 Å². The fourth-order valence-corrected chi connectivity index (χ4v) is 3.10. The highest BCUT2D eigenvalue weighted by molar-refractivity contribution is 5.66. The van der Waals surface area contributed by atoms with Gasteiger partial charge < -0.3 is 14.9 Å². The van der Waals surface area contributed by atoms with Crippen LogP contribution >= 0.6 is 0 Å². The van der Waals surface area contributed by atoms with Gasteiger partial charge in [-0.15, -0.1) is 0 Å². The SMILES string of the molecule is COc1ccc(C(O)CCCC(=O)O)cc1CCCCc1ccccc1. The van der Waals surface area contributed by atoms with Gasteiger partial charge >= 0.3 is 5.97 Å². The lowest BCUT2D eigenvalue weighted by Crippen LogP contribution is -2.02. The van der Waals surface area contributed by atoms with E-state index >= 15 is 0 Å². The normalized spacial score (nSPS) is 11.9. The summed E-state index contributed by atoms with van der Waals surface area (Å²) in [7, 11) is 1.66. The van der Waals surface area contributed by atoms with Gasteiger partial charge in [0.1, 0.15) is 5.75 Å². The number of hydrogen-bond acceptors (Lipinski definition) is 3. The van der Waals surface area contributed by atoms with E-state index in [4.69, 9.17) is 9.84 Å². The highest BCUT2D eigenvalue weighted by Crippen LogP contribution is 2.27. The van der Waals surface area contributed by atoms with E-state index in [9.17, 15) is 9.90 Å². The Kier molecular flexibility index (Phi) is 8.16. The van der Waals surface area contributed by atoms with Gasteiger partial charge in [0, 0.05) is 6.42 Å². The molecule has 140 valence electrons. The lowest BCUT2D eigenvalue weighted by Gasteiger charge is -2.15. The van der Waals surface area contributed by atoms with Crippen LogP contribution in [0, 0.1) is 0 Å². The second-order valence-corrected chi connectivity index (χ2v) is 6.57. The molecule has 0 bridgehead atoms. The quantitative estimate of drug-likeness (QED) is 0.580. The minimum absolute atomic E-state index is 0.0829. The summed E-state index contributed by atoms with van der Waals surface area (Å²) in [5.74, 6) is 0.0113. The molecule has 0 aliphatic carbocycles. The van der Waals surface area contributed by atoms with E-state index in [0.717, 1.165) is 42.6 Å². The van der Waals surface area contributed by atoms with Crippen molar-refractivity contribution < 1.29 is 19.7 Å². The zero-order valence-electron chi connectivity index (χ0n) is 15.4. The predicted molar refractivity (Wildman–Crippen MR) is 103 cm³/mol. The third-order valence-electron chi connectivity index (χ3n) is 4.56. The van der Waals surface area contributed by atoms with E-state index in [2.05, 4.69) is 24.3 Å². The summed E-state index contributed by atoms with van der Waals surface area (Å²) in [6, 6.07) is 16.2. The molecule has 2 rings (SSSR count). The van der Waals surface area contributed by atoms with Crippen molar-refractivity contribution in [2.45, 2.75) is 51.0 Å². The first-order valence-electron chi connectivity index (χ1n) is 9.20. The number of rotatable bonds is 11. The highest BCUT2D eigenvalue weighted by atomic mass is 16.5. The Morgan fingerprint density at radius 3 is 2.46 bits per heavy atom. The van der Waals surface area contributed by atoms with E-state index in [1.165, 1.54) is 5.56 Å². The predicted octanol–water partition coefficient (Wildman–Crippen LogP) is 4.55. The molecule has 0 spiro atoms. The van der Waals surface area contributed by atoms with Crippen LogP contribution in [0.15, 0.2) is 48.5 Å². The number of aliphatic hydroxyl groups excluding tert-OH is 1. The maximum atomic E-state index is 10.6. The lowest BCUT2D eigenvalue weighted by molar-refractivity contribution is -0.137. The zero-order chi connectivity index (χ0) is 18.8. The van der Waals surface area contributed by atoms with E-state index in [-0.39, 0.29) is 6.42 Å². The van der Waals surface area contributed by atoms with Crippen molar-refractivity contribution in [3.8, 4) is 5.75 Å². The van der Waals surface area contributed by atoms with Gasteiger partial charge in [0.15, 0.2) is 0 Å². The Hall–Kier alpha value is -2.33. The number of benzene rings is 2.